The number of hydrogen-bond acceptors (Lipinski definition) is 3. The molecule has 4 nitrogen and oxygen atoms in total. The van der Waals surface area contributed by atoms with Crippen LogP contribution in [0.5, 0.6) is 0 Å². The van der Waals surface area contributed by atoms with Gasteiger partial charge < -0.3 is 10.6 Å². The van der Waals surface area contributed by atoms with Gasteiger partial charge in [0.05, 0.1) is 0 Å². The van der Waals surface area contributed by atoms with E-state index in [1.54, 1.807) is 30.3 Å². The highest BCUT2D eigenvalue weighted by molar-refractivity contribution is 7.10. The number of benzene rings is 3. The van der Waals surface area contributed by atoms with Crippen LogP contribution in [0.15, 0.2) is 96.0 Å². The number of amides is 2. The van der Waals surface area contributed by atoms with Crippen LogP contribution in [0.25, 0.3) is 16.8 Å². The van der Waals surface area contributed by atoms with E-state index < -0.39 is 0 Å². The van der Waals surface area contributed by atoms with Crippen molar-refractivity contribution in [2.75, 3.05) is 5.32 Å². The molecule has 0 aliphatic heterocycles. The van der Waals surface area contributed by atoms with E-state index in [1.165, 1.54) is 11.3 Å². The van der Waals surface area contributed by atoms with Gasteiger partial charge in [-0.15, -0.1) is 11.3 Å². The smallest absolute Gasteiger partial charge is 0.272 e. The SMILES string of the molecule is O=C(Nc1ccc2ccccc2c1)/C(=C/c1cccs1)NC(=O)c1ccccc1. The average Bonchev–Trinajstić information content (AvgIpc) is 3.27. The third-order valence-electron chi connectivity index (χ3n) is 4.37. The molecular formula is C24H18N2O2S. The molecule has 0 fully saturated rings. The van der Waals surface area contributed by atoms with Crippen molar-refractivity contribution >= 4 is 45.7 Å². The van der Waals surface area contributed by atoms with E-state index in [0.717, 1.165) is 15.6 Å². The van der Waals surface area contributed by atoms with Gasteiger partial charge in [0.25, 0.3) is 11.8 Å². The molecule has 0 unspecified atom stereocenters. The molecule has 4 rings (SSSR count). The lowest BCUT2D eigenvalue weighted by atomic mass is 10.1. The first-order valence-electron chi connectivity index (χ1n) is 9.11. The van der Waals surface area contributed by atoms with Gasteiger partial charge in [0.1, 0.15) is 5.70 Å². The number of fused-ring (bicyclic) bond motifs is 1. The molecule has 1 aromatic heterocycles. The van der Waals surface area contributed by atoms with Gasteiger partial charge in [-0.25, -0.2) is 0 Å². The minimum absolute atomic E-state index is 0.189. The van der Waals surface area contributed by atoms with E-state index in [-0.39, 0.29) is 17.5 Å². The molecule has 29 heavy (non-hydrogen) atoms. The predicted octanol–water partition coefficient (Wildman–Crippen LogP) is 5.31. The first-order chi connectivity index (χ1) is 14.2. The summed E-state index contributed by atoms with van der Waals surface area (Å²) in [7, 11) is 0. The quantitative estimate of drug-likeness (QED) is 0.448. The minimum atomic E-state index is -0.377. The third kappa shape index (κ3) is 4.59. The van der Waals surface area contributed by atoms with Crippen LogP contribution in [0.2, 0.25) is 0 Å². The average molecular weight is 398 g/mol. The van der Waals surface area contributed by atoms with Gasteiger partial charge in [-0.2, -0.15) is 0 Å². The number of carbonyl (C=O) groups is 2. The van der Waals surface area contributed by atoms with Crippen molar-refractivity contribution in [1.29, 1.82) is 0 Å². The summed E-state index contributed by atoms with van der Waals surface area (Å²) in [5, 5.41) is 9.68. The Labute approximate surface area is 172 Å². The van der Waals surface area contributed by atoms with Crippen LogP contribution in [0, 0.1) is 0 Å². The van der Waals surface area contributed by atoms with E-state index in [4.69, 9.17) is 0 Å². The first-order valence-corrected chi connectivity index (χ1v) is 9.99. The molecule has 142 valence electrons. The maximum Gasteiger partial charge on any atom is 0.272 e. The van der Waals surface area contributed by atoms with Gasteiger partial charge in [0.2, 0.25) is 0 Å². The van der Waals surface area contributed by atoms with E-state index >= 15 is 0 Å². The lowest BCUT2D eigenvalue weighted by Crippen LogP contribution is -2.30. The number of carbonyl (C=O) groups excluding carboxylic acids is 2. The highest BCUT2D eigenvalue weighted by Gasteiger charge is 2.15. The van der Waals surface area contributed by atoms with Crippen molar-refractivity contribution < 1.29 is 9.59 Å². The fraction of sp³-hybridized carbons (Fsp3) is 0. The largest absolute Gasteiger partial charge is 0.321 e. The van der Waals surface area contributed by atoms with Gasteiger partial charge >= 0.3 is 0 Å². The molecule has 0 radical (unpaired) electrons. The van der Waals surface area contributed by atoms with Crippen LogP contribution < -0.4 is 10.6 Å². The molecule has 3 aromatic carbocycles. The molecule has 2 N–H and O–H groups in total. The summed E-state index contributed by atoms with van der Waals surface area (Å²) in [4.78, 5) is 26.4. The van der Waals surface area contributed by atoms with Crippen molar-refractivity contribution in [3.63, 3.8) is 0 Å². The normalized spacial score (nSPS) is 11.2. The highest BCUT2D eigenvalue weighted by atomic mass is 32.1. The highest BCUT2D eigenvalue weighted by Crippen LogP contribution is 2.20. The molecule has 5 heteroatoms. The molecule has 0 aliphatic rings. The fourth-order valence-electron chi connectivity index (χ4n) is 2.92. The second-order valence-electron chi connectivity index (χ2n) is 6.41. The summed E-state index contributed by atoms with van der Waals surface area (Å²) >= 11 is 1.49. The molecule has 0 aliphatic carbocycles. The van der Waals surface area contributed by atoms with Crippen molar-refractivity contribution in [1.82, 2.24) is 5.32 Å². The second-order valence-corrected chi connectivity index (χ2v) is 7.39. The Bertz CT molecular complexity index is 1180. The molecule has 0 spiro atoms. The maximum atomic E-state index is 13.0. The van der Waals surface area contributed by atoms with Crippen molar-refractivity contribution in [3.05, 3.63) is 106 Å². The molecular weight excluding hydrogens is 380 g/mol. The molecule has 0 saturated heterocycles. The van der Waals surface area contributed by atoms with Crippen LogP contribution >= 0.6 is 11.3 Å². The Hall–Kier alpha value is -3.70. The maximum absolute atomic E-state index is 13.0. The first kappa shape index (κ1) is 18.7. The monoisotopic (exact) mass is 398 g/mol. The van der Waals surface area contributed by atoms with Gasteiger partial charge in [0, 0.05) is 16.1 Å². The summed E-state index contributed by atoms with van der Waals surface area (Å²) in [6, 6.07) is 26.3. The summed E-state index contributed by atoms with van der Waals surface area (Å²) in [6.07, 6.45) is 1.68. The van der Waals surface area contributed by atoms with Gasteiger partial charge in [-0.3, -0.25) is 9.59 Å². The Morgan fingerprint density at radius 2 is 1.55 bits per heavy atom. The minimum Gasteiger partial charge on any atom is -0.321 e. The van der Waals surface area contributed by atoms with Crippen molar-refractivity contribution in [2.45, 2.75) is 0 Å². The van der Waals surface area contributed by atoms with Gasteiger partial charge in [-0.1, -0.05) is 54.6 Å². The molecule has 2 amide bonds. The topological polar surface area (TPSA) is 58.2 Å². The predicted molar refractivity (Wildman–Crippen MR) is 119 cm³/mol. The Kier molecular flexibility index (Phi) is 5.49. The van der Waals surface area contributed by atoms with E-state index in [9.17, 15) is 9.59 Å². The zero-order valence-electron chi connectivity index (χ0n) is 15.5. The molecule has 1 heterocycles. The summed E-state index contributed by atoms with van der Waals surface area (Å²) in [6.45, 7) is 0. The Morgan fingerprint density at radius 1 is 0.793 bits per heavy atom. The summed E-state index contributed by atoms with van der Waals surface area (Å²) < 4.78 is 0. The van der Waals surface area contributed by atoms with E-state index in [1.807, 2.05) is 66.0 Å². The number of anilines is 1. The molecule has 0 atom stereocenters. The number of hydrogen-bond donors (Lipinski definition) is 2. The van der Waals surface area contributed by atoms with Crippen LogP contribution in [0.4, 0.5) is 5.69 Å². The van der Waals surface area contributed by atoms with Crippen molar-refractivity contribution in [2.24, 2.45) is 0 Å². The Balaban J connectivity index is 1.59. The third-order valence-corrected chi connectivity index (χ3v) is 5.19. The van der Waals surface area contributed by atoms with Gasteiger partial charge in [-0.05, 0) is 52.6 Å². The lowest BCUT2D eigenvalue weighted by molar-refractivity contribution is -0.113. The lowest BCUT2D eigenvalue weighted by Gasteiger charge is -2.11. The van der Waals surface area contributed by atoms with Crippen LogP contribution in [0.1, 0.15) is 15.2 Å². The van der Waals surface area contributed by atoms with E-state index in [0.29, 0.717) is 11.3 Å². The molecule has 0 bridgehead atoms. The zero-order chi connectivity index (χ0) is 20.1. The van der Waals surface area contributed by atoms with Crippen LogP contribution in [-0.2, 0) is 4.79 Å². The number of nitrogens with one attached hydrogen (secondary N) is 2. The van der Waals surface area contributed by atoms with Gasteiger partial charge in [0.15, 0.2) is 0 Å². The van der Waals surface area contributed by atoms with Crippen molar-refractivity contribution in [3.8, 4) is 0 Å². The Morgan fingerprint density at radius 3 is 2.31 bits per heavy atom. The van der Waals surface area contributed by atoms with E-state index in [2.05, 4.69) is 10.6 Å². The zero-order valence-corrected chi connectivity index (χ0v) is 16.3. The van der Waals surface area contributed by atoms with Crippen LogP contribution in [-0.4, -0.2) is 11.8 Å². The number of rotatable bonds is 5. The number of thiophene rings is 1. The van der Waals surface area contributed by atoms with Crippen LogP contribution in [0.3, 0.4) is 0 Å². The standard InChI is InChI=1S/C24H18N2O2S/c27-23(18-8-2-1-3-9-18)26-22(16-21-11-6-14-29-21)24(28)25-20-13-12-17-7-4-5-10-19(17)15-20/h1-16H,(H,25,28)(H,26,27)/b22-16-. The summed E-state index contributed by atoms with van der Waals surface area (Å²) in [5.41, 5.74) is 1.34. The molecule has 4 aromatic rings. The summed E-state index contributed by atoms with van der Waals surface area (Å²) in [5.74, 6) is -0.708. The molecule has 0 saturated carbocycles. The second kappa shape index (κ2) is 8.54. The fourth-order valence-corrected chi connectivity index (χ4v) is 3.58.